The van der Waals surface area contributed by atoms with E-state index in [1.54, 1.807) is 24.9 Å². The van der Waals surface area contributed by atoms with Gasteiger partial charge in [0.05, 0.1) is 24.4 Å². The Morgan fingerprint density at radius 1 is 1.31 bits per heavy atom. The van der Waals surface area contributed by atoms with Crippen molar-refractivity contribution in [3.05, 3.63) is 28.6 Å². The second-order valence-corrected chi connectivity index (χ2v) is 7.02. The van der Waals surface area contributed by atoms with E-state index in [1.165, 1.54) is 12.8 Å². The van der Waals surface area contributed by atoms with E-state index in [1.807, 2.05) is 12.1 Å². The largest absolute Gasteiger partial charge is 0.486 e. The van der Waals surface area contributed by atoms with Gasteiger partial charge in [-0.1, -0.05) is 0 Å². The highest BCUT2D eigenvalue weighted by molar-refractivity contribution is 5.96. The normalized spacial score (nSPS) is 19.7. The maximum Gasteiger partial charge on any atom is 0.295 e. The summed E-state index contributed by atoms with van der Waals surface area (Å²) >= 11 is 0. The Kier molecular flexibility index (Phi) is 4.50. The number of aromatic nitrogens is 1. The topological polar surface area (TPSA) is 87.7 Å². The maximum absolute atomic E-state index is 13.2. The molecule has 1 aromatic heterocycles. The molecule has 1 saturated carbocycles. The molecule has 0 saturated heterocycles. The average Bonchev–Trinajstić information content (AvgIpc) is 3.48. The number of nitrogens with two attached hydrogens (primary N) is 1. The van der Waals surface area contributed by atoms with Crippen LogP contribution in [-0.2, 0) is 16.0 Å². The lowest BCUT2D eigenvalue weighted by Gasteiger charge is -2.21. The third kappa shape index (κ3) is 3.01. The minimum absolute atomic E-state index is 0.180. The van der Waals surface area contributed by atoms with Gasteiger partial charge in [-0.15, -0.1) is 0 Å². The summed E-state index contributed by atoms with van der Waals surface area (Å²) in [5.74, 6) is 1.02. The first-order chi connectivity index (χ1) is 12.6. The summed E-state index contributed by atoms with van der Waals surface area (Å²) in [5.41, 5.74) is 8.05. The highest BCUT2D eigenvalue weighted by atomic mass is 16.7. The molecule has 2 aromatic rings. The molecule has 7 nitrogen and oxygen atoms in total. The van der Waals surface area contributed by atoms with E-state index >= 15 is 0 Å². The predicted octanol–water partition coefficient (Wildman–Crippen LogP) is 2.18. The smallest absolute Gasteiger partial charge is 0.295 e. The van der Waals surface area contributed by atoms with Gasteiger partial charge in [0.15, 0.2) is 6.29 Å². The van der Waals surface area contributed by atoms with Crippen LogP contribution >= 0.6 is 0 Å². The van der Waals surface area contributed by atoms with Crippen molar-refractivity contribution in [3.8, 4) is 5.75 Å². The van der Waals surface area contributed by atoms with Gasteiger partial charge in [0, 0.05) is 37.8 Å². The van der Waals surface area contributed by atoms with Crippen LogP contribution in [0.25, 0.3) is 10.9 Å². The third-order valence-corrected chi connectivity index (χ3v) is 5.30. The van der Waals surface area contributed by atoms with Crippen LogP contribution in [0.15, 0.2) is 23.0 Å². The highest BCUT2D eigenvalue weighted by Gasteiger charge is 2.34. The van der Waals surface area contributed by atoms with Gasteiger partial charge in [-0.3, -0.25) is 9.36 Å². The third-order valence-electron chi connectivity index (χ3n) is 5.30. The zero-order valence-corrected chi connectivity index (χ0v) is 15.2. The van der Waals surface area contributed by atoms with Gasteiger partial charge in [0.1, 0.15) is 0 Å². The van der Waals surface area contributed by atoms with E-state index in [2.05, 4.69) is 5.32 Å². The maximum atomic E-state index is 13.2. The molecule has 0 spiro atoms. The lowest BCUT2D eigenvalue weighted by Crippen LogP contribution is -2.30. The average molecular weight is 359 g/mol. The lowest BCUT2D eigenvalue weighted by atomic mass is 10.1. The second kappa shape index (κ2) is 6.81. The Labute approximate surface area is 152 Å². The Morgan fingerprint density at radius 3 is 2.77 bits per heavy atom. The number of hydrogen-bond donors (Lipinski definition) is 2. The molecule has 1 fully saturated rings. The minimum atomic E-state index is -0.524. The Balaban J connectivity index is 1.90. The Bertz CT molecular complexity index is 871. The predicted molar refractivity (Wildman–Crippen MR) is 101 cm³/mol. The van der Waals surface area contributed by atoms with Crippen LogP contribution in [0.1, 0.15) is 19.3 Å². The van der Waals surface area contributed by atoms with Crippen molar-refractivity contribution in [1.82, 2.24) is 4.57 Å². The number of nitrogens with one attached hydrogen (secondary N) is 1. The van der Waals surface area contributed by atoms with Crippen LogP contribution in [-0.4, -0.2) is 37.7 Å². The summed E-state index contributed by atoms with van der Waals surface area (Å²) in [5, 5.41) is 4.47. The molecular weight excluding hydrogens is 334 g/mol. The van der Waals surface area contributed by atoms with Crippen molar-refractivity contribution >= 4 is 22.3 Å². The van der Waals surface area contributed by atoms with Gasteiger partial charge >= 0.3 is 0 Å². The van der Waals surface area contributed by atoms with Crippen LogP contribution in [0.4, 0.5) is 11.4 Å². The molecular formula is C19H25N3O4. The molecule has 26 heavy (non-hydrogen) atoms. The van der Waals surface area contributed by atoms with Crippen molar-refractivity contribution in [2.24, 2.45) is 5.92 Å². The zero-order valence-electron chi connectivity index (χ0n) is 15.2. The van der Waals surface area contributed by atoms with Gasteiger partial charge in [-0.2, -0.15) is 0 Å². The molecule has 0 bridgehead atoms. The van der Waals surface area contributed by atoms with Crippen molar-refractivity contribution in [3.63, 3.8) is 0 Å². The quantitative estimate of drug-likeness (QED) is 0.628. The van der Waals surface area contributed by atoms with Crippen LogP contribution in [0.2, 0.25) is 0 Å². The first kappa shape index (κ1) is 17.2. The number of fused-ring (bicyclic) bond motifs is 3. The summed E-state index contributed by atoms with van der Waals surface area (Å²) in [6.07, 6.45) is 2.83. The zero-order chi connectivity index (χ0) is 18.3. The molecule has 7 heteroatoms. The van der Waals surface area contributed by atoms with E-state index < -0.39 is 6.29 Å². The summed E-state index contributed by atoms with van der Waals surface area (Å²) in [4.78, 5) is 13.2. The highest BCUT2D eigenvalue weighted by Crippen LogP contribution is 2.40. The number of rotatable bonds is 5. The fourth-order valence-electron chi connectivity index (χ4n) is 3.70. The van der Waals surface area contributed by atoms with Gasteiger partial charge in [-0.25, -0.2) is 0 Å². The van der Waals surface area contributed by atoms with Crippen LogP contribution < -0.4 is 21.3 Å². The number of anilines is 2. The Morgan fingerprint density at radius 2 is 2.08 bits per heavy atom. The number of nitrogen functional groups attached to an aromatic ring is 1. The van der Waals surface area contributed by atoms with E-state index in [0.29, 0.717) is 30.0 Å². The van der Waals surface area contributed by atoms with Gasteiger partial charge in [0.2, 0.25) is 5.75 Å². The number of ether oxygens (including phenoxy) is 3. The minimum Gasteiger partial charge on any atom is -0.486 e. The first-order valence-electron chi connectivity index (χ1n) is 9.03. The molecule has 0 amide bonds. The lowest BCUT2D eigenvalue weighted by molar-refractivity contribution is -0.110. The number of pyridine rings is 1. The molecule has 140 valence electrons. The summed E-state index contributed by atoms with van der Waals surface area (Å²) in [6, 6.07) is 5.90. The molecule has 0 unspecified atom stereocenters. The Hall–Kier alpha value is -2.25. The summed E-state index contributed by atoms with van der Waals surface area (Å²) in [7, 11) is 3.11. The molecule has 1 aliphatic heterocycles. The summed E-state index contributed by atoms with van der Waals surface area (Å²) in [6.45, 7) is 0.803. The fourth-order valence-corrected chi connectivity index (χ4v) is 3.70. The number of methoxy groups -OCH3 is 2. The molecule has 1 aliphatic carbocycles. The van der Waals surface area contributed by atoms with Crippen molar-refractivity contribution in [1.29, 1.82) is 0 Å². The summed E-state index contributed by atoms with van der Waals surface area (Å²) < 4.78 is 18.1. The van der Waals surface area contributed by atoms with Gasteiger partial charge in [0.25, 0.3) is 5.56 Å². The van der Waals surface area contributed by atoms with Crippen molar-refractivity contribution in [2.45, 2.75) is 38.1 Å². The van der Waals surface area contributed by atoms with E-state index in [0.717, 1.165) is 23.0 Å². The standard InChI is InChI=1S/C19H25N3O4/c1-24-16(25-2)10-22-15-6-5-12(20)9-13(15)17-18(19(22)23)26-8-7-14(21-17)11-3-4-11/h5-6,9,11,14,16,21H,3-4,7-8,10,20H2,1-2H3/t14-/m1/s1. The molecule has 3 N–H and O–H groups in total. The van der Waals surface area contributed by atoms with Crippen molar-refractivity contribution in [2.75, 3.05) is 31.9 Å². The SMILES string of the molecule is COC(Cn1c(=O)c2c(c3cc(N)ccc31)N[C@@H](C1CC1)CCO2)OC. The second-order valence-electron chi connectivity index (χ2n) is 7.02. The van der Waals surface area contributed by atoms with Crippen LogP contribution in [0.3, 0.4) is 0 Å². The molecule has 0 radical (unpaired) electrons. The number of benzene rings is 1. The monoisotopic (exact) mass is 359 g/mol. The van der Waals surface area contributed by atoms with E-state index in [-0.39, 0.29) is 12.1 Å². The molecule has 4 rings (SSSR count). The van der Waals surface area contributed by atoms with E-state index in [9.17, 15) is 4.79 Å². The van der Waals surface area contributed by atoms with Gasteiger partial charge in [-0.05, 0) is 37.0 Å². The van der Waals surface area contributed by atoms with Crippen LogP contribution in [0.5, 0.6) is 5.75 Å². The molecule has 2 aliphatic rings. The van der Waals surface area contributed by atoms with Gasteiger partial charge < -0.3 is 25.3 Å². The van der Waals surface area contributed by atoms with E-state index in [4.69, 9.17) is 19.9 Å². The number of hydrogen-bond acceptors (Lipinski definition) is 6. The van der Waals surface area contributed by atoms with Crippen LogP contribution in [0, 0.1) is 5.92 Å². The first-order valence-corrected chi connectivity index (χ1v) is 9.03. The molecule has 1 atom stereocenters. The number of nitrogens with zero attached hydrogens (tertiary/aromatic N) is 1. The molecule has 1 aromatic carbocycles. The molecule has 2 heterocycles. The fraction of sp³-hybridized carbons (Fsp3) is 0.526. The van der Waals surface area contributed by atoms with Crippen molar-refractivity contribution < 1.29 is 14.2 Å².